The Labute approximate surface area is 145 Å². The van der Waals surface area contributed by atoms with Gasteiger partial charge in [-0.1, -0.05) is 77.9 Å². The lowest BCUT2D eigenvalue weighted by atomic mass is 9.87. The van der Waals surface area contributed by atoms with Crippen LogP contribution in [0.2, 0.25) is 0 Å². The van der Waals surface area contributed by atoms with E-state index in [9.17, 15) is 4.79 Å². The lowest BCUT2D eigenvalue weighted by Crippen LogP contribution is -2.12. The van der Waals surface area contributed by atoms with Gasteiger partial charge in [-0.05, 0) is 39.7 Å². The van der Waals surface area contributed by atoms with Crippen LogP contribution in [0.15, 0.2) is 48.5 Å². The van der Waals surface area contributed by atoms with Gasteiger partial charge in [-0.25, -0.2) is 4.79 Å². The van der Waals surface area contributed by atoms with Gasteiger partial charge in [-0.2, -0.15) is 0 Å². The average Bonchev–Trinajstić information content (AvgIpc) is 2.51. The van der Waals surface area contributed by atoms with E-state index in [1.807, 2.05) is 36.4 Å². The summed E-state index contributed by atoms with van der Waals surface area (Å²) in [6.45, 7) is 13.3. The normalized spacial score (nSPS) is 12.1. The van der Waals surface area contributed by atoms with Crippen LogP contribution in [0.5, 0.6) is 0 Å². The van der Waals surface area contributed by atoms with Crippen molar-refractivity contribution >= 4 is 5.97 Å². The van der Waals surface area contributed by atoms with Crippen molar-refractivity contribution in [2.24, 2.45) is 0 Å². The van der Waals surface area contributed by atoms with E-state index in [-0.39, 0.29) is 16.8 Å². The van der Waals surface area contributed by atoms with Crippen molar-refractivity contribution < 1.29 is 9.53 Å². The van der Waals surface area contributed by atoms with Crippen LogP contribution in [0.4, 0.5) is 0 Å². The van der Waals surface area contributed by atoms with E-state index in [0.717, 1.165) is 5.56 Å². The van der Waals surface area contributed by atoms with E-state index >= 15 is 0 Å². The minimum Gasteiger partial charge on any atom is -0.457 e. The molecule has 2 aromatic rings. The van der Waals surface area contributed by atoms with Crippen molar-refractivity contribution in [1.29, 1.82) is 0 Å². The molecule has 0 spiro atoms. The molecule has 2 nitrogen and oxygen atoms in total. The zero-order chi connectivity index (χ0) is 18.0. The molecule has 0 aliphatic carbocycles. The van der Waals surface area contributed by atoms with Crippen molar-refractivity contribution in [2.75, 3.05) is 0 Å². The molecule has 2 rings (SSSR count). The molecular formula is C22H28O2. The summed E-state index contributed by atoms with van der Waals surface area (Å²) in [5, 5.41) is 0. The summed E-state index contributed by atoms with van der Waals surface area (Å²) < 4.78 is 5.43. The molecule has 0 aromatic heterocycles. The largest absolute Gasteiger partial charge is 0.457 e. The Hall–Kier alpha value is -2.09. The van der Waals surface area contributed by atoms with Gasteiger partial charge in [0.05, 0.1) is 5.56 Å². The van der Waals surface area contributed by atoms with Crippen LogP contribution < -0.4 is 0 Å². The molecule has 0 radical (unpaired) electrons. The number of esters is 1. The Kier molecular flexibility index (Phi) is 5.17. The molecule has 0 bridgehead atoms. The SMILES string of the molecule is CC(C)(C)c1ccc(COC(=O)c2ccc(C(C)(C)C)cc2)cc1. The van der Waals surface area contributed by atoms with Crippen LogP contribution in [0, 0.1) is 0 Å². The van der Waals surface area contributed by atoms with Gasteiger partial charge in [0.2, 0.25) is 0 Å². The molecule has 0 heterocycles. The average molecular weight is 324 g/mol. The lowest BCUT2D eigenvalue weighted by molar-refractivity contribution is 0.0472. The molecule has 0 aliphatic heterocycles. The first-order chi connectivity index (χ1) is 11.1. The highest BCUT2D eigenvalue weighted by Gasteiger charge is 2.15. The fourth-order valence-electron chi connectivity index (χ4n) is 2.44. The van der Waals surface area contributed by atoms with E-state index in [2.05, 4.69) is 53.7 Å². The number of hydrogen-bond donors (Lipinski definition) is 0. The van der Waals surface area contributed by atoms with E-state index in [1.54, 1.807) is 0 Å². The molecule has 0 fully saturated rings. The second-order valence-corrected chi connectivity index (χ2v) is 8.35. The molecule has 0 atom stereocenters. The first kappa shape index (κ1) is 18.3. The molecule has 0 saturated carbocycles. The summed E-state index contributed by atoms with van der Waals surface area (Å²) >= 11 is 0. The van der Waals surface area contributed by atoms with Crippen LogP contribution in [0.3, 0.4) is 0 Å². The highest BCUT2D eigenvalue weighted by atomic mass is 16.5. The predicted octanol–water partition coefficient (Wildman–Crippen LogP) is 5.64. The van der Waals surface area contributed by atoms with Crippen LogP contribution >= 0.6 is 0 Å². The number of ether oxygens (including phenoxy) is 1. The minimum absolute atomic E-state index is 0.0806. The molecular weight excluding hydrogens is 296 g/mol. The third kappa shape index (κ3) is 4.70. The highest BCUT2D eigenvalue weighted by Crippen LogP contribution is 2.23. The smallest absolute Gasteiger partial charge is 0.338 e. The minimum atomic E-state index is -0.282. The number of hydrogen-bond acceptors (Lipinski definition) is 2. The molecule has 0 aliphatic rings. The van der Waals surface area contributed by atoms with E-state index in [4.69, 9.17) is 4.74 Å². The molecule has 2 aromatic carbocycles. The maximum Gasteiger partial charge on any atom is 0.338 e. The quantitative estimate of drug-likeness (QED) is 0.683. The van der Waals surface area contributed by atoms with Crippen LogP contribution in [0.1, 0.15) is 68.6 Å². The van der Waals surface area contributed by atoms with Gasteiger partial charge in [0.25, 0.3) is 0 Å². The Morgan fingerprint density at radius 3 is 1.58 bits per heavy atom. The number of benzene rings is 2. The van der Waals surface area contributed by atoms with Crippen LogP contribution in [0.25, 0.3) is 0 Å². The van der Waals surface area contributed by atoms with Crippen LogP contribution in [-0.4, -0.2) is 5.97 Å². The Balaban J connectivity index is 1.98. The van der Waals surface area contributed by atoms with E-state index in [1.165, 1.54) is 11.1 Å². The first-order valence-corrected chi connectivity index (χ1v) is 8.44. The monoisotopic (exact) mass is 324 g/mol. The van der Waals surface area contributed by atoms with Gasteiger partial charge >= 0.3 is 5.97 Å². The fourth-order valence-corrected chi connectivity index (χ4v) is 2.44. The molecule has 24 heavy (non-hydrogen) atoms. The van der Waals surface area contributed by atoms with Crippen molar-refractivity contribution in [2.45, 2.75) is 59.0 Å². The van der Waals surface area contributed by atoms with Gasteiger partial charge in [0.1, 0.15) is 6.61 Å². The summed E-state index contributed by atoms with van der Waals surface area (Å²) in [7, 11) is 0. The summed E-state index contributed by atoms with van der Waals surface area (Å²) in [5.74, 6) is -0.282. The zero-order valence-corrected chi connectivity index (χ0v) is 15.6. The topological polar surface area (TPSA) is 26.3 Å². The third-order valence-electron chi connectivity index (χ3n) is 4.18. The van der Waals surface area contributed by atoms with Gasteiger partial charge in [0, 0.05) is 0 Å². The van der Waals surface area contributed by atoms with Crippen molar-refractivity contribution in [1.82, 2.24) is 0 Å². The van der Waals surface area contributed by atoms with Crippen molar-refractivity contribution in [3.05, 3.63) is 70.8 Å². The fraction of sp³-hybridized carbons (Fsp3) is 0.409. The van der Waals surface area contributed by atoms with Gasteiger partial charge < -0.3 is 4.74 Å². The molecule has 2 heteroatoms. The number of carbonyl (C=O) groups is 1. The summed E-state index contributed by atoms with van der Waals surface area (Å²) in [4.78, 5) is 12.2. The highest BCUT2D eigenvalue weighted by molar-refractivity contribution is 5.89. The Bertz CT molecular complexity index is 681. The Morgan fingerprint density at radius 2 is 1.17 bits per heavy atom. The summed E-state index contributed by atoms with van der Waals surface area (Å²) in [6.07, 6.45) is 0. The second-order valence-electron chi connectivity index (χ2n) is 8.35. The van der Waals surface area contributed by atoms with Gasteiger partial charge in [-0.15, -0.1) is 0 Å². The number of carbonyl (C=O) groups excluding carboxylic acids is 1. The number of rotatable bonds is 3. The molecule has 0 N–H and O–H groups in total. The second kappa shape index (κ2) is 6.80. The van der Waals surface area contributed by atoms with E-state index in [0.29, 0.717) is 12.2 Å². The molecule has 0 amide bonds. The standard InChI is InChI=1S/C22H28O2/c1-21(2,3)18-11-7-16(8-12-18)15-24-20(23)17-9-13-19(14-10-17)22(4,5)6/h7-14H,15H2,1-6H3. The van der Waals surface area contributed by atoms with Crippen molar-refractivity contribution in [3.63, 3.8) is 0 Å². The maximum atomic E-state index is 12.2. The lowest BCUT2D eigenvalue weighted by Gasteiger charge is -2.19. The van der Waals surface area contributed by atoms with E-state index < -0.39 is 0 Å². The zero-order valence-electron chi connectivity index (χ0n) is 15.6. The first-order valence-electron chi connectivity index (χ1n) is 8.44. The molecule has 128 valence electrons. The molecule has 0 unspecified atom stereocenters. The van der Waals surface area contributed by atoms with Gasteiger partial charge in [-0.3, -0.25) is 0 Å². The Morgan fingerprint density at radius 1 is 0.750 bits per heavy atom. The summed E-state index contributed by atoms with van der Waals surface area (Å²) in [5.41, 5.74) is 4.28. The molecule has 0 saturated heterocycles. The third-order valence-corrected chi connectivity index (χ3v) is 4.18. The van der Waals surface area contributed by atoms with Crippen molar-refractivity contribution in [3.8, 4) is 0 Å². The van der Waals surface area contributed by atoms with Crippen LogP contribution in [-0.2, 0) is 22.2 Å². The predicted molar refractivity (Wildman–Crippen MR) is 99.4 cm³/mol. The summed E-state index contributed by atoms with van der Waals surface area (Å²) in [6, 6.07) is 15.9. The maximum absolute atomic E-state index is 12.2. The van der Waals surface area contributed by atoms with Gasteiger partial charge in [0.15, 0.2) is 0 Å².